The fourth-order valence-corrected chi connectivity index (χ4v) is 3.14. The van der Waals surface area contributed by atoms with E-state index in [9.17, 15) is 0 Å². The summed E-state index contributed by atoms with van der Waals surface area (Å²) in [7, 11) is 0. The van der Waals surface area contributed by atoms with E-state index in [2.05, 4.69) is 37.4 Å². The molecule has 0 radical (unpaired) electrons. The number of hydrogen-bond acceptors (Lipinski definition) is 2. The van der Waals surface area contributed by atoms with Crippen LogP contribution in [0.2, 0.25) is 0 Å². The molecular weight excluding hydrogens is 232 g/mol. The molecule has 19 heavy (non-hydrogen) atoms. The van der Waals surface area contributed by atoms with Crippen LogP contribution in [0.4, 0.5) is 0 Å². The highest BCUT2D eigenvalue weighted by Crippen LogP contribution is 2.31. The van der Waals surface area contributed by atoms with Gasteiger partial charge in [-0.2, -0.15) is 0 Å². The standard InChI is InChI=1S/C17H28N2/c1-3-12-18-17(13-15-9-5-4-6-10-15)16-11-7-8-14(2)19-16/h7-8,11,15,17-18H,3-6,9-10,12-13H2,1-2H3. The van der Waals surface area contributed by atoms with E-state index in [1.165, 1.54) is 50.6 Å². The summed E-state index contributed by atoms with van der Waals surface area (Å²) in [4.78, 5) is 4.73. The Morgan fingerprint density at radius 3 is 2.74 bits per heavy atom. The smallest absolute Gasteiger partial charge is 0.0576 e. The van der Waals surface area contributed by atoms with Crippen molar-refractivity contribution in [3.05, 3.63) is 29.6 Å². The highest BCUT2D eigenvalue weighted by atomic mass is 14.9. The molecule has 1 fully saturated rings. The number of aromatic nitrogens is 1. The van der Waals surface area contributed by atoms with Crippen LogP contribution < -0.4 is 5.32 Å². The van der Waals surface area contributed by atoms with Crippen molar-refractivity contribution in [2.75, 3.05) is 6.54 Å². The number of nitrogens with one attached hydrogen (secondary N) is 1. The summed E-state index contributed by atoms with van der Waals surface area (Å²) in [6.07, 6.45) is 9.56. The van der Waals surface area contributed by atoms with Crippen LogP contribution in [0.5, 0.6) is 0 Å². The molecule has 1 N–H and O–H groups in total. The molecule has 1 aromatic rings. The summed E-state index contributed by atoms with van der Waals surface area (Å²) in [5.74, 6) is 0.894. The van der Waals surface area contributed by atoms with Gasteiger partial charge in [0, 0.05) is 11.7 Å². The average Bonchev–Trinajstić information content (AvgIpc) is 2.44. The Labute approximate surface area is 118 Å². The Morgan fingerprint density at radius 2 is 2.05 bits per heavy atom. The van der Waals surface area contributed by atoms with Crippen molar-refractivity contribution in [1.82, 2.24) is 10.3 Å². The predicted octanol–water partition coefficient (Wildman–Crippen LogP) is 4.40. The lowest BCUT2D eigenvalue weighted by atomic mass is 9.84. The number of rotatable bonds is 6. The second kappa shape index (κ2) is 7.64. The zero-order chi connectivity index (χ0) is 13.5. The van der Waals surface area contributed by atoms with E-state index in [1.54, 1.807) is 0 Å². The Kier molecular flexibility index (Phi) is 5.84. The second-order valence-corrected chi connectivity index (χ2v) is 5.95. The van der Waals surface area contributed by atoms with Gasteiger partial charge in [0.2, 0.25) is 0 Å². The van der Waals surface area contributed by atoms with Crippen molar-refractivity contribution in [2.45, 2.75) is 64.8 Å². The Morgan fingerprint density at radius 1 is 1.26 bits per heavy atom. The van der Waals surface area contributed by atoms with Crippen LogP contribution in [0.15, 0.2) is 18.2 Å². The molecule has 2 nitrogen and oxygen atoms in total. The number of hydrogen-bond donors (Lipinski definition) is 1. The van der Waals surface area contributed by atoms with E-state index in [0.717, 1.165) is 18.2 Å². The molecule has 0 amide bonds. The first kappa shape index (κ1) is 14.5. The van der Waals surface area contributed by atoms with E-state index in [4.69, 9.17) is 4.98 Å². The van der Waals surface area contributed by atoms with Crippen LogP contribution in [0.25, 0.3) is 0 Å². The lowest BCUT2D eigenvalue weighted by Gasteiger charge is -2.27. The van der Waals surface area contributed by atoms with Gasteiger partial charge in [-0.1, -0.05) is 45.1 Å². The topological polar surface area (TPSA) is 24.9 Å². The molecular formula is C17H28N2. The van der Waals surface area contributed by atoms with Gasteiger partial charge in [-0.3, -0.25) is 4.98 Å². The SMILES string of the molecule is CCCNC(CC1CCCCC1)c1cccc(C)n1. The third kappa shape index (κ3) is 4.61. The maximum absolute atomic E-state index is 4.73. The molecule has 0 aliphatic heterocycles. The van der Waals surface area contributed by atoms with E-state index < -0.39 is 0 Å². The summed E-state index contributed by atoms with van der Waals surface area (Å²) < 4.78 is 0. The molecule has 1 aliphatic rings. The van der Waals surface area contributed by atoms with E-state index in [1.807, 2.05) is 0 Å². The normalized spacial score (nSPS) is 18.4. The lowest BCUT2D eigenvalue weighted by Crippen LogP contribution is -2.26. The molecule has 2 rings (SSSR count). The summed E-state index contributed by atoms with van der Waals surface area (Å²) in [5, 5.41) is 3.70. The first-order valence-electron chi connectivity index (χ1n) is 7.96. The summed E-state index contributed by atoms with van der Waals surface area (Å²) in [5.41, 5.74) is 2.36. The van der Waals surface area contributed by atoms with Crippen LogP contribution in [-0.2, 0) is 0 Å². The molecule has 106 valence electrons. The molecule has 1 heterocycles. The lowest BCUT2D eigenvalue weighted by molar-refractivity contribution is 0.297. The van der Waals surface area contributed by atoms with Gasteiger partial charge in [-0.25, -0.2) is 0 Å². The third-order valence-electron chi connectivity index (χ3n) is 4.20. The summed E-state index contributed by atoms with van der Waals surface area (Å²) in [6, 6.07) is 6.85. The van der Waals surface area contributed by atoms with Crippen molar-refractivity contribution in [2.24, 2.45) is 5.92 Å². The van der Waals surface area contributed by atoms with Crippen molar-refractivity contribution >= 4 is 0 Å². The zero-order valence-electron chi connectivity index (χ0n) is 12.5. The second-order valence-electron chi connectivity index (χ2n) is 5.95. The Hall–Kier alpha value is -0.890. The molecule has 0 spiro atoms. The van der Waals surface area contributed by atoms with Gasteiger partial charge in [0.1, 0.15) is 0 Å². The van der Waals surface area contributed by atoms with Crippen LogP contribution in [0.3, 0.4) is 0 Å². The van der Waals surface area contributed by atoms with Crippen LogP contribution in [0, 0.1) is 12.8 Å². The van der Waals surface area contributed by atoms with Crippen molar-refractivity contribution < 1.29 is 0 Å². The highest BCUT2D eigenvalue weighted by molar-refractivity contribution is 5.13. The molecule has 1 unspecified atom stereocenters. The van der Waals surface area contributed by atoms with Gasteiger partial charge >= 0.3 is 0 Å². The van der Waals surface area contributed by atoms with Crippen LogP contribution in [0.1, 0.15) is 69.3 Å². The first-order chi connectivity index (χ1) is 9.29. The fraction of sp³-hybridized carbons (Fsp3) is 0.706. The quantitative estimate of drug-likeness (QED) is 0.820. The van der Waals surface area contributed by atoms with Gasteiger partial charge in [0.15, 0.2) is 0 Å². The van der Waals surface area contributed by atoms with Crippen LogP contribution >= 0.6 is 0 Å². The first-order valence-corrected chi connectivity index (χ1v) is 7.96. The molecule has 1 aliphatic carbocycles. The minimum atomic E-state index is 0.447. The monoisotopic (exact) mass is 260 g/mol. The largest absolute Gasteiger partial charge is 0.309 e. The molecule has 1 saturated carbocycles. The third-order valence-corrected chi connectivity index (χ3v) is 4.20. The Balaban J connectivity index is 2.01. The van der Waals surface area contributed by atoms with E-state index >= 15 is 0 Å². The zero-order valence-corrected chi connectivity index (χ0v) is 12.5. The van der Waals surface area contributed by atoms with Gasteiger partial charge < -0.3 is 5.32 Å². The molecule has 0 saturated heterocycles. The van der Waals surface area contributed by atoms with Crippen molar-refractivity contribution in [1.29, 1.82) is 0 Å². The van der Waals surface area contributed by atoms with Crippen molar-refractivity contribution in [3.8, 4) is 0 Å². The molecule has 2 heteroatoms. The minimum absolute atomic E-state index is 0.447. The van der Waals surface area contributed by atoms with Crippen molar-refractivity contribution in [3.63, 3.8) is 0 Å². The van der Waals surface area contributed by atoms with Gasteiger partial charge in [-0.05, 0) is 44.4 Å². The number of nitrogens with zero attached hydrogens (tertiary/aromatic N) is 1. The summed E-state index contributed by atoms with van der Waals surface area (Å²) in [6.45, 7) is 5.41. The molecule has 1 aromatic heterocycles. The molecule has 0 aromatic carbocycles. The highest BCUT2D eigenvalue weighted by Gasteiger charge is 2.20. The maximum atomic E-state index is 4.73. The average molecular weight is 260 g/mol. The van der Waals surface area contributed by atoms with Gasteiger partial charge in [0.05, 0.1) is 5.69 Å². The predicted molar refractivity (Wildman–Crippen MR) is 81.2 cm³/mol. The molecule has 0 bridgehead atoms. The molecule has 1 atom stereocenters. The Bertz CT molecular complexity index is 369. The van der Waals surface area contributed by atoms with E-state index in [0.29, 0.717) is 6.04 Å². The van der Waals surface area contributed by atoms with Gasteiger partial charge in [-0.15, -0.1) is 0 Å². The summed E-state index contributed by atoms with van der Waals surface area (Å²) >= 11 is 0. The van der Waals surface area contributed by atoms with Crippen LogP contribution in [-0.4, -0.2) is 11.5 Å². The maximum Gasteiger partial charge on any atom is 0.0576 e. The van der Waals surface area contributed by atoms with Gasteiger partial charge in [0.25, 0.3) is 0 Å². The van der Waals surface area contributed by atoms with E-state index in [-0.39, 0.29) is 0 Å². The number of aryl methyl sites for hydroxylation is 1. The number of pyridine rings is 1. The fourth-order valence-electron chi connectivity index (χ4n) is 3.14. The minimum Gasteiger partial charge on any atom is -0.309 e.